The van der Waals surface area contributed by atoms with E-state index in [-0.39, 0.29) is 10.8 Å². The smallest absolute Gasteiger partial charge is 0.0583 e. The number of nitrogens with zero attached hydrogens (tertiary/aromatic N) is 3. The van der Waals surface area contributed by atoms with Gasteiger partial charge in [0.1, 0.15) is 0 Å². The summed E-state index contributed by atoms with van der Waals surface area (Å²) in [6.07, 6.45) is 0. The van der Waals surface area contributed by atoms with Crippen LogP contribution in [-0.4, -0.2) is 4.57 Å². The predicted octanol–water partition coefficient (Wildman–Crippen LogP) is 16.3. The van der Waals surface area contributed by atoms with Gasteiger partial charge in [0.05, 0.1) is 16.7 Å². The van der Waals surface area contributed by atoms with Crippen LogP contribution in [0.2, 0.25) is 0 Å². The zero-order chi connectivity index (χ0) is 42.5. The van der Waals surface area contributed by atoms with Crippen molar-refractivity contribution in [2.75, 3.05) is 9.80 Å². The van der Waals surface area contributed by atoms with Crippen LogP contribution < -0.4 is 9.80 Å². The van der Waals surface area contributed by atoms with E-state index in [1.165, 1.54) is 72.0 Å². The lowest BCUT2D eigenvalue weighted by molar-refractivity contribution is 0.593. The highest BCUT2D eigenvalue weighted by Gasteiger charge is 2.44. The number of fused-ring (bicyclic) bond motifs is 1. The molecule has 10 aromatic rings. The van der Waals surface area contributed by atoms with E-state index in [0.29, 0.717) is 0 Å². The Labute approximate surface area is 369 Å². The van der Waals surface area contributed by atoms with Gasteiger partial charge in [-0.25, -0.2) is 0 Å². The topological polar surface area (TPSA) is 11.4 Å². The van der Waals surface area contributed by atoms with Gasteiger partial charge in [0.2, 0.25) is 0 Å². The van der Waals surface area contributed by atoms with Crippen molar-refractivity contribution in [2.24, 2.45) is 0 Å². The first-order valence-electron chi connectivity index (χ1n) is 22.1. The maximum atomic E-state index is 2.63. The zero-order valence-corrected chi connectivity index (χ0v) is 36.0. The van der Waals surface area contributed by atoms with Gasteiger partial charge in [0.15, 0.2) is 0 Å². The molecule has 0 amide bonds. The average Bonchev–Trinajstić information content (AvgIpc) is 3.66. The second kappa shape index (κ2) is 14.0. The van der Waals surface area contributed by atoms with Gasteiger partial charge >= 0.3 is 0 Å². The van der Waals surface area contributed by atoms with E-state index in [2.05, 4.69) is 254 Å². The summed E-state index contributed by atoms with van der Waals surface area (Å²) in [6.45, 7) is 9.70. The Morgan fingerprint density at radius 3 is 1.02 bits per heavy atom. The molecule has 3 nitrogen and oxygen atoms in total. The predicted molar refractivity (Wildman–Crippen MR) is 265 cm³/mol. The Balaban J connectivity index is 1.14. The molecule has 0 bridgehead atoms. The van der Waals surface area contributed by atoms with Crippen molar-refractivity contribution >= 4 is 55.9 Å². The van der Waals surface area contributed by atoms with Gasteiger partial charge in [-0.2, -0.15) is 0 Å². The largest absolute Gasteiger partial charge is 0.310 e. The van der Waals surface area contributed by atoms with Crippen molar-refractivity contribution in [1.82, 2.24) is 4.57 Å². The van der Waals surface area contributed by atoms with Crippen LogP contribution >= 0.6 is 0 Å². The highest BCUT2D eigenvalue weighted by atomic mass is 15.2. The first-order chi connectivity index (χ1) is 30.8. The fraction of sp³-hybridized carbons (Fsp3) is 0.100. The van der Waals surface area contributed by atoms with E-state index < -0.39 is 0 Å². The molecule has 2 aliphatic heterocycles. The molecule has 3 heterocycles. The maximum absolute atomic E-state index is 2.63. The minimum Gasteiger partial charge on any atom is -0.310 e. The molecule has 1 aromatic heterocycles. The van der Waals surface area contributed by atoms with Gasteiger partial charge in [-0.3, -0.25) is 0 Å². The van der Waals surface area contributed by atoms with Gasteiger partial charge < -0.3 is 14.4 Å². The lowest BCUT2D eigenvalue weighted by Crippen LogP contribution is -2.33. The van der Waals surface area contributed by atoms with Crippen LogP contribution in [0.3, 0.4) is 0 Å². The van der Waals surface area contributed by atoms with E-state index in [4.69, 9.17) is 0 Å². The number of benzene rings is 9. The highest BCUT2D eigenvalue weighted by molar-refractivity contribution is 6.16. The minimum absolute atomic E-state index is 0.267. The Hall–Kier alpha value is -7.62. The summed E-state index contributed by atoms with van der Waals surface area (Å²) in [6, 6.07) is 78.0. The molecule has 12 rings (SSSR count). The third kappa shape index (κ3) is 5.66. The molecule has 0 spiro atoms. The maximum Gasteiger partial charge on any atom is 0.0583 e. The second-order valence-corrected chi connectivity index (χ2v) is 18.2. The van der Waals surface area contributed by atoms with E-state index >= 15 is 0 Å². The van der Waals surface area contributed by atoms with Crippen molar-refractivity contribution in [1.29, 1.82) is 0 Å². The number of hydrogen-bond acceptors (Lipinski definition) is 2. The Morgan fingerprint density at radius 1 is 0.302 bits per heavy atom. The molecule has 63 heavy (non-hydrogen) atoms. The van der Waals surface area contributed by atoms with Crippen LogP contribution in [0.4, 0.5) is 34.1 Å². The molecular formula is C60H47N3. The number of anilines is 6. The average molecular weight is 810 g/mol. The number of hydrogen-bond donors (Lipinski definition) is 0. The van der Waals surface area contributed by atoms with Gasteiger partial charge in [0.25, 0.3) is 0 Å². The summed E-state index contributed by atoms with van der Waals surface area (Å²) >= 11 is 0. The standard InChI is InChI=1S/C60H47N3/c1-59(2)52-26-17-27-53-58(52)63-56-50(36-48(38-54(56)59)61(44-22-13-7-14-23-44)46-32-28-42(29-33-46)40-18-9-5-10-19-40)51-37-49(39-55(57(51)63)60(53,3)4)62(45-24-15-8-16-25-45)47-34-30-43(31-35-47)41-20-11-6-12-21-41/h5-39H,1-4H3. The van der Waals surface area contributed by atoms with Crippen molar-refractivity contribution in [3.63, 3.8) is 0 Å². The molecule has 0 N–H and O–H groups in total. The molecule has 0 fully saturated rings. The minimum atomic E-state index is -0.267. The summed E-state index contributed by atoms with van der Waals surface area (Å²) in [5.74, 6) is 0. The van der Waals surface area contributed by atoms with Crippen LogP contribution in [-0.2, 0) is 10.8 Å². The molecule has 0 unspecified atom stereocenters. The zero-order valence-electron chi connectivity index (χ0n) is 36.0. The number of aromatic nitrogens is 1. The summed E-state index contributed by atoms with van der Waals surface area (Å²) < 4.78 is 2.63. The van der Waals surface area contributed by atoms with Crippen molar-refractivity contribution in [3.05, 3.63) is 235 Å². The van der Waals surface area contributed by atoms with Gasteiger partial charge in [0, 0.05) is 55.7 Å². The normalized spacial score (nSPS) is 14.0. The molecule has 9 aromatic carbocycles. The quantitative estimate of drug-likeness (QED) is 0.151. The molecule has 2 aliphatic rings. The monoisotopic (exact) mass is 809 g/mol. The first-order valence-corrected chi connectivity index (χ1v) is 22.1. The fourth-order valence-corrected chi connectivity index (χ4v) is 10.7. The summed E-state index contributed by atoms with van der Waals surface area (Å²) in [5, 5.41) is 2.53. The second-order valence-electron chi connectivity index (χ2n) is 18.2. The van der Waals surface area contributed by atoms with Crippen LogP contribution in [0.15, 0.2) is 212 Å². The Kier molecular flexibility index (Phi) is 8.23. The molecule has 0 saturated carbocycles. The van der Waals surface area contributed by atoms with E-state index in [0.717, 1.165) is 34.1 Å². The Morgan fingerprint density at radius 2 is 0.635 bits per heavy atom. The molecule has 0 aliphatic carbocycles. The van der Waals surface area contributed by atoms with Gasteiger partial charge in [-0.05, 0) is 117 Å². The highest BCUT2D eigenvalue weighted by Crippen LogP contribution is 2.57. The Bertz CT molecular complexity index is 3120. The summed E-state index contributed by atoms with van der Waals surface area (Å²) in [5.41, 5.74) is 20.4. The SMILES string of the molecule is CC1(C)c2cccc3c2-n2c4c1cc(N(c1ccccc1)c1ccc(-c5ccccc5)cc1)cc4c1cc(N(c4ccccc4)c4ccc(-c5ccccc5)cc4)cc(c12)C3(C)C. The van der Waals surface area contributed by atoms with Crippen LogP contribution in [0.1, 0.15) is 49.9 Å². The summed E-state index contributed by atoms with van der Waals surface area (Å²) in [4.78, 5) is 4.88. The van der Waals surface area contributed by atoms with Crippen LogP contribution in [0.25, 0.3) is 49.7 Å². The van der Waals surface area contributed by atoms with Crippen LogP contribution in [0.5, 0.6) is 0 Å². The van der Waals surface area contributed by atoms with E-state index in [1.807, 2.05) is 0 Å². The first kappa shape index (κ1) is 37.2. The van der Waals surface area contributed by atoms with E-state index in [1.54, 1.807) is 0 Å². The number of rotatable bonds is 8. The van der Waals surface area contributed by atoms with Crippen LogP contribution in [0, 0.1) is 0 Å². The molecule has 3 heteroatoms. The fourth-order valence-electron chi connectivity index (χ4n) is 10.7. The number of para-hydroxylation sites is 3. The molecule has 0 atom stereocenters. The lowest BCUT2D eigenvalue weighted by Gasteiger charge is -2.42. The molecule has 0 radical (unpaired) electrons. The van der Waals surface area contributed by atoms with Crippen molar-refractivity contribution < 1.29 is 0 Å². The van der Waals surface area contributed by atoms with Gasteiger partial charge in [-0.15, -0.1) is 0 Å². The molecule has 302 valence electrons. The van der Waals surface area contributed by atoms with Gasteiger partial charge in [-0.1, -0.05) is 167 Å². The summed E-state index contributed by atoms with van der Waals surface area (Å²) in [7, 11) is 0. The van der Waals surface area contributed by atoms with Crippen molar-refractivity contribution in [2.45, 2.75) is 38.5 Å². The molecule has 0 saturated heterocycles. The lowest BCUT2D eigenvalue weighted by atomic mass is 9.68. The third-order valence-corrected chi connectivity index (χ3v) is 13.9. The third-order valence-electron chi connectivity index (χ3n) is 13.9. The van der Waals surface area contributed by atoms with Crippen molar-refractivity contribution in [3.8, 4) is 27.9 Å². The van der Waals surface area contributed by atoms with E-state index in [9.17, 15) is 0 Å². The molecular weight excluding hydrogens is 763 g/mol.